The molecule has 2 atom stereocenters. The molecule has 2 N–H and O–H groups in total. The Hall–Kier alpha value is -1.50. The molecule has 0 spiro atoms. The minimum absolute atomic E-state index is 0.00950. The van der Waals surface area contributed by atoms with Crippen molar-refractivity contribution in [3.63, 3.8) is 0 Å². The van der Waals surface area contributed by atoms with Crippen LogP contribution in [-0.4, -0.2) is 24.8 Å². The summed E-state index contributed by atoms with van der Waals surface area (Å²) in [5.74, 6) is 3.38. The average Bonchev–Trinajstić information content (AvgIpc) is 2.39. The first-order chi connectivity index (χ1) is 8.21. The highest BCUT2D eigenvalue weighted by Crippen LogP contribution is 2.18. The zero-order valence-electron chi connectivity index (χ0n) is 10.3. The monoisotopic (exact) mass is 233 g/mol. The summed E-state index contributed by atoms with van der Waals surface area (Å²) in [6.07, 6.45) is 5.61. The Labute approximate surface area is 103 Å². The Balaban J connectivity index is 2.57. The van der Waals surface area contributed by atoms with Crippen LogP contribution in [0.15, 0.2) is 24.3 Å². The van der Waals surface area contributed by atoms with Crippen molar-refractivity contribution in [2.45, 2.75) is 25.5 Å². The van der Waals surface area contributed by atoms with Gasteiger partial charge in [-0.15, -0.1) is 6.42 Å². The van der Waals surface area contributed by atoms with E-state index in [4.69, 9.17) is 11.2 Å². The molecule has 3 nitrogen and oxygen atoms in total. The molecule has 0 fully saturated rings. The zero-order valence-corrected chi connectivity index (χ0v) is 10.3. The Morgan fingerprint density at radius 3 is 2.88 bits per heavy atom. The van der Waals surface area contributed by atoms with Crippen LogP contribution in [-0.2, 0) is 0 Å². The van der Waals surface area contributed by atoms with Gasteiger partial charge in [0.15, 0.2) is 0 Å². The fourth-order valence-corrected chi connectivity index (χ4v) is 1.54. The van der Waals surface area contributed by atoms with Crippen molar-refractivity contribution in [3.8, 4) is 18.1 Å². The molecule has 1 rings (SSSR count). The number of ether oxygens (including phenoxy) is 1. The number of nitrogens with one attached hydrogen (secondary N) is 1. The van der Waals surface area contributed by atoms with Gasteiger partial charge < -0.3 is 15.2 Å². The van der Waals surface area contributed by atoms with E-state index in [9.17, 15) is 5.11 Å². The maximum absolute atomic E-state index is 9.99. The van der Waals surface area contributed by atoms with Crippen LogP contribution in [0.1, 0.15) is 25.0 Å². The van der Waals surface area contributed by atoms with Gasteiger partial charge in [0, 0.05) is 6.54 Å². The first-order valence-electron chi connectivity index (χ1n) is 5.72. The predicted octanol–water partition coefficient (Wildman–Crippen LogP) is 1.73. The third-order valence-corrected chi connectivity index (χ3v) is 2.65. The second kappa shape index (κ2) is 6.95. The maximum Gasteiger partial charge on any atom is 0.119 e. The summed E-state index contributed by atoms with van der Waals surface area (Å²) in [6.45, 7) is 2.45. The van der Waals surface area contributed by atoms with Crippen LogP contribution in [0.5, 0.6) is 5.75 Å². The van der Waals surface area contributed by atoms with Crippen LogP contribution >= 0.6 is 0 Å². The average molecular weight is 233 g/mol. The molecule has 0 aliphatic rings. The second-order valence-electron chi connectivity index (χ2n) is 3.83. The SMILES string of the molecule is C#CC(CC)NCC(O)c1cccc(OC)c1. The minimum Gasteiger partial charge on any atom is -0.497 e. The van der Waals surface area contributed by atoms with E-state index in [2.05, 4.69) is 11.2 Å². The van der Waals surface area contributed by atoms with Gasteiger partial charge in [-0.2, -0.15) is 0 Å². The quantitative estimate of drug-likeness (QED) is 0.735. The van der Waals surface area contributed by atoms with Gasteiger partial charge in [0.1, 0.15) is 5.75 Å². The Morgan fingerprint density at radius 1 is 1.53 bits per heavy atom. The van der Waals surface area contributed by atoms with Gasteiger partial charge in [-0.05, 0) is 24.1 Å². The molecule has 2 unspecified atom stereocenters. The lowest BCUT2D eigenvalue weighted by Gasteiger charge is -2.16. The van der Waals surface area contributed by atoms with Crippen LogP contribution in [0.3, 0.4) is 0 Å². The van der Waals surface area contributed by atoms with Gasteiger partial charge in [-0.25, -0.2) is 0 Å². The van der Waals surface area contributed by atoms with Gasteiger partial charge in [-0.3, -0.25) is 0 Å². The molecular weight excluding hydrogens is 214 g/mol. The molecule has 0 aliphatic heterocycles. The molecule has 3 heteroatoms. The van der Waals surface area contributed by atoms with Crippen molar-refractivity contribution >= 4 is 0 Å². The molecule has 17 heavy (non-hydrogen) atoms. The molecule has 0 saturated carbocycles. The van der Waals surface area contributed by atoms with Gasteiger partial charge in [-0.1, -0.05) is 25.0 Å². The van der Waals surface area contributed by atoms with Crippen molar-refractivity contribution in [1.82, 2.24) is 5.32 Å². The Bertz CT molecular complexity index is 384. The highest BCUT2D eigenvalue weighted by molar-refractivity contribution is 5.29. The summed E-state index contributed by atoms with van der Waals surface area (Å²) in [5.41, 5.74) is 0.823. The molecule has 0 radical (unpaired) electrons. The third kappa shape index (κ3) is 4.10. The van der Waals surface area contributed by atoms with Crippen molar-refractivity contribution in [2.24, 2.45) is 0 Å². The maximum atomic E-state index is 9.99. The number of aliphatic hydroxyl groups excluding tert-OH is 1. The highest BCUT2D eigenvalue weighted by Gasteiger charge is 2.10. The van der Waals surface area contributed by atoms with Crippen LogP contribution in [0.2, 0.25) is 0 Å². The van der Waals surface area contributed by atoms with Gasteiger partial charge in [0.05, 0.1) is 19.3 Å². The van der Waals surface area contributed by atoms with Gasteiger partial charge >= 0.3 is 0 Å². The second-order valence-corrected chi connectivity index (χ2v) is 3.83. The van der Waals surface area contributed by atoms with E-state index in [1.165, 1.54) is 0 Å². The lowest BCUT2D eigenvalue weighted by Crippen LogP contribution is -2.31. The normalized spacial score (nSPS) is 13.8. The standard InChI is InChI=1S/C14H19NO2/c1-4-12(5-2)15-10-14(16)11-7-6-8-13(9-11)17-3/h1,6-9,12,14-16H,5,10H2,2-3H3. The molecule has 0 amide bonds. The van der Waals surface area contributed by atoms with Gasteiger partial charge in [0.2, 0.25) is 0 Å². The van der Waals surface area contributed by atoms with E-state index in [-0.39, 0.29) is 6.04 Å². The van der Waals surface area contributed by atoms with Crippen molar-refractivity contribution in [3.05, 3.63) is 29.8 Å². The summed E-state index contributed by atoms with van der Waals surface area (Å²) < 4.78 is 5.11. The summed E-state index contributed by atoms with van der Waals surface area (Å²) >= 11 is 0. The predicted molar refractivity (Wildman–Crippen MR) is 68.9 cm³/mol. The largest absolute Gasteiger partial charge is 0.497 e. The molecule has 0 aromatic heterocycles. The number of hydrogen-bond acceptors (Lipinski definition) is 3. The molecule has 1 aromatic rings. The number of hydrogen-bond donors (Lipinski definition) is 2. The molecular formula is C14H19NO2. The van der Waals surface area contributed by atoms with E-state index in [0.717, 1.165) is 17.7 Å². The van der Waals surface area contributed by atoms with Crippen LogP contribution in [0, 0.1) is 12.3 Å². The molecule has 0 heterocycles. The Morgan fingerprint density at radius 2 is 2.29 bits per heavy atom. The van der Waals surface area contributed by atoms with Crippen molar-refractivity contribution in [1.29, 1.82) is 0 Å². The molecule has 0 saturated heterocycles. The summed E-state index contributed by atoms with van der Waals surface area (Å²) in [7, 11) is 1.61. The first-order valence-corrected chi connectivity index (χ1v) is 5.72. The summed E-state index contributed by atoms with van der Waals surface area (Å²) in [6, 6.07) is 7.40. The molecule has 0 bridgehead atoms. The van der Waals surface area contributed by atoms with Crippen molar-refractivity contribution < 1.29 is 9.84 Å². The first kappa shape index (κ1) is 13.6. The Kier molecular flexibility index (Phi) is 5.55. The number of rotatable bonds is 6. The number of benzene rings is 1. The number of aliphatic hydroxyl groups is 1. The van der Waals surface area contributed by atoms with Crippen LogP contribution < -0.4 is 10.1 Å². The van der Waals surface area contributed by atoms with E-state index in [1.807, 2.05) is 31.2 Å². The van der Waals surface area contributed by atoms with E-state index in [0.29, 0.717) is 6.54 Å². The topological polar surface area (TPSA) is 41.5 Å². The van der Waals surface area contributed by atoms with E-state index in [1.54, 1.807) is 7.11 Å². The summed E-state index contributed by atoms with van der Waals surface area (Å²) in [4.78, 5) is 0. The van der Waals surface area contributed by atoms with Crippen LogP contribution in [0.25, 0.3) is 0 Å². The van der Waals surface area contributed by atoms with Gasteiger partial charge in [0.25, 0.3) is 0 Å². The zero-order chi connectivity index (χ0) is 12.7. The molecule has 92 valence electrons. The lowest BCUT2D eigenvalue weighted by atomic mass is 10.1. The molecule has 0 aliphatic carbocycles. The van der Waals surface area contributed by atoms with E-state index < -0.39 is 6.10 Å². The fourth-order valence-electron chi connectivity index (χ4n) is 1.54. The number of methoxy groups -OCH3 is 1. The van der Waals surface area contributed by atoms with Crippen molar-refractivity contribution in [2.75, 3.05) is 13.7 Å². The van der Waals surface area contributed by atoms with E-state index >= 15 is 0 Å². The smallest absolute Gasteiger partial charge is 0.119 e. The fraction of sp³-hybridized carbons (Fsp3) is 0.429. The highest BCUT2D eigenvalue weighted by atomic mass is 16.5. The number of terminal acetylenes is 1. The third-order valence-electron chi connectivity index (χ3n) is 2.65. The summed E-state index contributed by atoms with van der Waals surface area (Å²) in [5, 5.41) is 13.1. The lowest BCUT2D eigenvalue weighted by molar-refractivity contribution is 0.172. The van der Waals surface area contributed by atoms with Crippen LogP contribution in [0.4, 0.5) is 0 Å². The molecule has 1 aromatic carbocycles. The minimum atomic E-state index is -0.576.